The van der Waals surface area contributed by atoms with Gasteiger partial charge >= 0.3 is 0 Å². The van der Waals surface area contributed by atoms with Crippen LogP contribution >= 0.6 is 0 Å². The Kier molecular flexibility index (Phi) is 4.88. The van der Waals surface area contributed by atoms with Crippen molar-refractivity contribution in [1.29, 1.82) is 0 Å². The van der Waals surface area contributed by atoms with E-state index in [1.54, 1.807) is 42.7 Å². The Morgan fingerprint density at radius 2 is 1.71 bits per heavy atom. The molecular formula is C22H21N3O2S. The molecule has 5 nitrogen and oxygen atoms in total. The predicted molar refractivity (Wildman–Crippen MR) is 112 cm³/mol. The van der Waals surface area contributed by atoms with Crippen molar-refractivity contribution in [3.8, 4) is 0 Å². The van der Waals surface area contributed by atoms with Crippen LogP contribution in [0.15, 0.2) is 84.0 Å². The first-order valence-corrected chi connectivity index (χ1v) is 10.6. The number of fused-ring (bicyclic) bond motifs is 1. The number of hydrogen-bond acceptors (Lipinski definition) is 3. The molecule has 0 radical (unpaired) electrons. The van der Waals surface area contributed by atoms with Crippen LogP contribution in [0.25, 0.3) is 11.0 Å². The molecule has 4 rings (SSSR count). The minimum atomic E-state index is -3.62. The Morgan fingerprint density at radius 3 is 2.46 bits per heavy atom. The molecule has 0 saturated carbocycles. The van der Waals surface area contributed by atoms with Crippen LogP contribution in [0.5, 0.6) is 0 Å². The van der Waals surface area contributed by atoms with E-state index in [9.17, 15) is 8.42 Å². The highest BCUT2D eigenvalue weighted by atomic mass is 32.2. The molecular weight excluding hydrogens is 370 g/mol. The molecule has 142 valence electrons. The fourth-order valence-electron chi connectivity index (χ4n) is 3.13. The van der Waals surface area contributed by atoms with Crippen LogP contribution in [-0.4, -0.2) is 18.0 Å². The highest BCUT2D eigenvalue weighted by molar-refractivity contribution is 7.92. The first-order chi connectivity index (χ1) is 13.5. The van der Waals surface area contributed by atoms with Crippen molar-refractivity contribution in [2.24, 2.45) is 0 Å². The van der Waals surface area contributed by atoms with Crippen molar-refractivity contribution in [3.05, 3.63) is 90.3 Å². The molecule has 4 aromatic rings. The lowest BCUT2D eigenvalue weighted by molar-refractivity contribution is 0.601. The van der Waals surface area contributed by atoms with Crippen molar-refractivity contribution < 1.29 is 8.42 Å². The normalized spacial score (nSPS) is 11.6. The van der Waals surface area contributed by atoms with Gasteiger partial charge in [0.15, 0.2) is 0 Å². The largest absolute Gasteiger partial charge is 0.330 e. The van der Waals surface area contributed by atoms with Gasteiger partial charge in [-0.25, -0.2) is 13.4 Å². The van der Waals surface area contributed by atoms with Gasteiger partial charge < -0.3 is 4.57 Å². The minimum absolute atomic E-state index is 0.242. The average molecular weight is 391 g/mol. The summed E-state index contributed by atoms with van der Waals surface area (Å²) in [5.41, 5.74) is 4.53. The first kappa shape index (κ1) is 18.3. The van der Waals surface area contributed by atoms with Gasteiger partial charge in [0, 0.05) is 6.54 Å². The Balaban J connectivity index is 1.53. The zero-order valence-electron chi connectivity index (χ0n) is 15.5. The quantitative estimate of drug-likeness (QED) is 0.530. The standard InChI is InChI=1S/C22H21N3O2S/c1-17-7-10-20(11-8-17)28(26,27)24-19-9-12-22-21(15-19)23-16-25(22)14-13-18-5-3-2-4-6-18/h2-12,15-16,24H,13-14H2,1H3. The van der Waals surface area contributed by atoms with Crippen LogP contribution in [0.3, 0.4) is 0 Å². The van der Waals surface area contributed by atoms with E-state index in [-0.39, 0.29) is 4.90 Å². The topological polar surface area (TPSA) is 64.0 Å². The number of sulfonamides is 1. The van der Waals surface area contributed by atoms with Crippen molar-refractivity contribution in [1.82, 2.24) is 9.55 Å². The molecule has 1 N–H and O–H groups in total. The minimum Gasteiger partial charge on any atom is -0.330 e. The zero-order valence-corrected chi connectivity index (χ0v) is 16.4. The van der Waals surface area contributed by atoms with E-state index in [0.717, 1.165) is 29.6 Å². The number of hydrogen-bond donors (Lipinski definition) is 1. The summed E-state index contributed by atoms with van der Waals surface area (Å²) in [5.74, 6) is 0. The van der Waals surface area contributed by atoms with Crippen LogP contribution < -0.4 is 4.72 Å². The predicted octanol–water partition coefficient (Wildman–Crippen LogP) is 4.39. The molecule has 0 amide bonds. The summed E-state index contributed by atoms with van der Waals surface area (Å²) in [4.78, 5) is 4.68. The Labute approximate surface area is 164 Å². The molecule has 6 heteroatoms. The van der Waals surface area contributed by atoms with Crippen molar-refractivity contribution in [3.63, 3.8) is 0 Å². The number of aromatic nitrogens is 2. The Hall–Kier alpha value is -3.12. The summed E-state index contributed by atoms with van der Waals surface area (Å²) in [7, 11) is -3.62. The summed E-state index contributed by atoms with van der Waals surface area (Å²) in [6.45, 7) is 2.74. The number of imidazole rings is 1. The third kappa shape index (κ3) is 3.92. The summed E-state index contributed by atoms with van der Waals surface area (Å²) in [6, 6.07) is 22.5. The van der Waals surface area contributed by atoms with E-state index in [2.05, 4.69) is 26.4 Å². The second-order valence-electron chi connectivity index (χ2n) is 6.80. The summed E-state index contributed by atoms with van der Waals surface area (Å²) >= 11 is 0. The second kappa shape index (κ2) is 7.48. The number of benzene rings is 3. The van der Waals surface area contributed by atoms with Crippen molar-refractivity contribution in [2.45, 2.75) is 24.8 Å². The number of nitrogens with one attached hydrogen (secondary N) is 1. The van der Waals surface area contributed by atoms with Crippen LogP contribution in [0.4, 0.5) is 5.69 Å². The summed E-state index contributed by atoms with van der Waals surface area (Å²) in [6.07, 6.45) is 2.71. The van der Waals surface area contributed by atoms with Crippen LogP contribution in [0.1, 0.15) is 11.1 Å². The zero-order chi connectivity index (χ0) is 19.6. The average Bonchev–Trinajstić information content (AvgIpc) is 3.09. The molecule has 0 unspecified atom stereocenters. The monoisotopic (exact) mass is 391 g/mol. The Morgan fingerprint density at radius 1 is 0.964 bits per heavy atom. The van der Waals surface area contributed by atoms with E-state index in [1.165, 1.54) is 5.56 Å². The van der Waals surface area contributed by atoms with Gasteiger partial charge in [-0.15, -0.1) is 0 Å². The molecule has 0 spiro atoms. The smallest absolute Gasteiger partial charge is 0.261 e. The lowest BCUT2D eigenvalue weighted by Gasteiger charge is -2.09. The summed E-state index contributed by atoms with van der Waals surface area (Å²) < 4.78 is 29.9. The van der Waals surface area contributed by atoms with Crippen LogP contribution in [-0.2, 0) is 23.0 Å². The molecule has 0 fully saturated rings. The highest BCUT2D eigenvalue weighted by Gasteiger charge is 2.14. The molecule has 0 bridgehead atoms. The van der Waals surface area contributed by atoms with E-state index in [0.29, 0.717) is 5.69 Å². The first-order valence-electron chi connectivity index (χ1n) is 9.10. The number of anilines is 1. The lowest BCUT2D eigenvalue weighted by atomic mass is 10.1. The molecule has 28 heavy (non-hydrogen) atoms. The second-order valence-corrected chi connectivity index (χ2v) is 8.48. The fraction of sp³-hybridized carbons (Fsp3) is 0.136. The summed E-state index contributed by atoms with van der Waals surface area (Å²) in [5, 5.41) is 0. The third-order valence-corrected chi connectivity index (χ3v) is 6.09. The molecule has 0 atom stereocenters. The molecule has 0 aliphatic rings. The van der Waals surface area contributed by atoms with E-state index >= 15 is 0 Å². The molecule has 1 heterocycles. The van der Waals surface area contributed by atoms with Gasteiger partial charge in [-0.2, -0.15) is 0 Å². The molecule has 0 saturated heterocycles. The molecule has 0 aliphatic carbocycles. The maximum absolute atomic E-state index is 12.6. The van der Waals surface area contributed by atoms with Gasteiger partial charge in [-0.1, -0.05) is 48.0 Å². The van der Waals surface area contributed by atoms with E-state index in [1.807, 2.05) is 31.2 Å². The third-order valence-electron chi connectivity index (χ3n) is 4.69. The van der Waals surface area contributed by atoms with Crippen LogP contribution in [0.2, 0.25) is 0 Å². The highest BCUT2D eigenvalue weighted by Crippen LogP contribution is 2.22. The van der Waals surface area contributed by atoms with Gasteiger partial charge in [-0.3, -0.25) is 4.72 Å². The van der Waals surface area contributed by atoms with Crippen molar-refractivity contribution >= 4 is 26.7 Å². The van der Waals surface area contributed by atoms with Gasteiger partial charge in [-0.05, 0) is 49.2 Å². The molecule has 3 aromatic carbocycles. The maximum Gasteiger partial charge on any atom is 0.261 e. The number of aryl methyl sites for hydroxylation is 3. The van der Waals surface area contributed by atoms with Gasteiger partial charge in [0.2, 0.25) is 0 Å². The fourth-order valence-corrected chi connectivity index (χ4v) is 4.18. The van der Waals surface area contributed by atoms with E-state index in [4.69, 9.17) is 0 Å². The number of rotatable bonds is 6. The SMILES string of the molecule is Cc1ccc(S(=O)(=O)Nc2ccc3c(c2)ncn3CCc2ccccc2)cc1. The van der Waals surface area contributed by atoms with Crippen LogP contribution in [0, 0.1) is 6.92 Å². The molecule has 0 aliphatic heterocycles. The lowest BCUT2D eigenvalue weighted by Crippen LogP contribution is -2.12. The van der Waals surface area contributed by atoms with Gasteiger partial charge in [0.1, 0.15) is 0 Å². The Bertz CT molecular complexity index is 1200. The van der Waals surface area contributed by atoms with Gasteiger partial charge in [0.25, 0.3) is 10.0 Å². The maximum atomic E-state index is 12.6. The number of nitrogens with zero attached hydrogens (tertiary/aromatic N) is 2. The van der Waals surface area contributed by atoms with Crippen molar-refractivity contribution in [2.75, 3.05) is 4.72 Å². The van der Waals surface area contributed by atoms with Gasteiger partial charge in [0.05, 0.1) is 27.9 Å². The molecule has 1 aromatic heterocycles. The van der Waals surface area contributed by atoms with E-state index < -0.39 is 10.0 Å².